The van der Waals surface area contributed by atoms with Crippen LogP contribution in [0.4, 0.5) is 33.2 Å². The maximum Gasteiger partial charge on any atom is 0.516 e. The number of benzene rings is 6. The van der Waals surface area contributed by atoms with E-state index in [0.29, 0.717) is 69.6 Å². The Labute approximate surface area is 630 Å². The lowest BCUT2D eigenvalue weighted by Crippen LogP contribution is -2.38. The zero-order valence-corrected chi connectivity index (χ0v) is 64.4. The van der Waals surface area contributed by atoms with Gasteiger partial charge in [-0.3, -0.25) is 18.7 Å². The minimum atomic E-state index is -5.30. The summed E-state index contributed by atoms with van der Waals surface area (Å²) in [5, 5.41) is 27.3. The molecule has 19 nitrogen and oxygen atoms in total. The van der Waals surface area contributed by atoms with Gasteiger partial charge in [-0.15, -0.1) is 0 Å². The Kier molecular flexibility index (Phi) is 30.4. The first kappa shape index (κ1) is 85.3. The first-order chi connectivity index (χ1) is 50.5. The zero-order valence-electron chi connectivity index (χ0n) is 63.6. The summed E-state index contributed by atoms with van der Waals surface area (Å²) in [7, 11) is -5.93. The second-order valence-corrected chi connectivity index (χ2v) is 32.4. The molecule has 5 aliphatic rings. The van der Waals surface area contributed by atoms with E-state index in [2.05, 4.69) is 43.3 Å². The summed E-state index contributed by atoms with van der Waals surface area (Å²) < 4.78 is 75.1. The molecule has 6 aromatic carbocycles. The fourth-order valence-corrected chi connectivity index (χ4v) is 15.2. The molecule has 3 unspecified atom stereocenters. The molecule has 11 rings (SSSR count). The molecule has 3 fully saturated rings. The van der Waals surface area contributed by atoms with Gasteiger partial charge in [-0.25, -0.2) is 14.4 Å². The summed E-state index contributed by atoms with van der Waals surface area (Å²) in [6.07, 6.45) is 13.4. The minimum Gasteiger partial charge on any atom is -0.481 e. The van der Waals surface area contributed by atoms with E-state index in [0.717, 1.165) is 101 Å². The number of hydrogen-bond acceptors (Lipinski definition) is 13. The highest BCUT2D eigenvalue weighted by molar-refractivity contribution is 7.93. The summed E-state index contributed by atoms with van der Waals surface area (Å²) >= 11 is 0. The number of alkyl halides is 3. The van der Waals surface area contributed by atoms with E-state index in [1.165, 1.54) is 46.5 Å². The zero-order chi connectivity index (χ0) is 78.4. The smallest absolute Gasteiger partial charge is 0.481 e. The second-order valence-electron chi connectivity index (χ2n) is 30.4. The van der Waals surface area contributed by atoms with Crippen molar-refractivity contribution >= 4 is 69.8 Å². The topological polar surface area (TPSA) is 241 Å². The van der Waals surface area contributed by atoms with Crippen molar-refractivity contribution in [3.63, 3.8) is 0 Å². The van der Waals surface area contributed by atoms with E-state index in [1.807, 2.05) is 144 Å². The molecule has 578 valence electrons. The number of carboxylic acid groups (broad SMARTS) is 1. The number of sulfonamides is 1. The number of hydrogen-bond donors (Lipinski definition) is 3. The number of fused-ring (bicyclic) bond motifs is 2. The number of carbonyl (C=O) groups excluding carboxylic acids is 5. The number of anilines is 1. The molecular weight excluding hydrogens is 1390 g/mol. The van der Waals surface area contributed by atoms with E-state index in [-0.39, 0.29) is 69.2 Å². The van der Waals surface area contributed by atoms with Crippen molar-refractivity contribution in [2.24, 2.45) is 16.2 Å². The van der Waals surface area contributed by atoms with Crippen molar-refractivity contribution in [1.29, 1.82) is 0 Å². The van der Waals surface area contributed by atoms with Crippen molar-refractivity contribution in [2.75, 3.05) is 63.7 Å². The van der Waals surface area contributed by atoms with Crippen molar-refractivity contribution in [1.82, 2.24) is 19.6 Å². The maximum absolute atomic E-state index is 12.6. The standard InChI is InChI=1S/C23H27NO4.C21H29NO2.C20H27NO3.C11H16BNO3.C8H8F3NO2S/c25-21(26)17-23(16-19-8-3-1-4-9-19)12-7-14-24(15-13-23)22(27)28-18-20-10-5-2-6-11-20;1-16-14-21(15-17-8-5-6-9-18(16)17)10-7-12-22(13-11-21)19(23)24-20(2,3)4;1-19(2,3)24-18(23)21-11-6-9-20(10-12-21)13-15-7-4-5-8-16(15)17(22)14-20;1-3-13(4-2)11(14)9-5-7-10(8-6-9)12(15)16;1-12(7-5-3-2-4-6-7)15(13,14)8(9,10)11/h1-6,8-11H,7,12-18H2,(H,25,26);5-6,8-9,14H,7,10-13,15H2,1-4H3;4-5,7-8H,6,9-14H2,1-3H3;5-8,15-16H,3-4H2,1-2H3;2-6H,1H3. The van der Waals surface area contributed by atoms with Gasteiger partial charge >= 0.3 is 46.9 Å². The van der Waals surface area contributed by atoms with Gasteiger partial charge < -0.3 is 49.0 Å². The van der Waals surface area contributed by atoms with Crippen LogP contribution in [-0.4, -0.2) is 162 Å². The maximum atomic E-state index is 12.6. The van der Waals surface area contributed by atoms with Crippen LogP contribution in [-0.2, 0) is 54.9 Å². The summed E-state index contributed by atoms with van der Waals surface area (Å²) in [6, 6.07) is 49.6. The number of para-hydroxylation sites is 1. The van der Waals surface area contributed by atoms with Gasteiger partial charge in [0.1, 0.15) is 17.8 Å². The molecule has 3 saturated heterocycles. The molecule has 0 radical (unpaired) electrons. The lowest BCUT2D eigenvalue weighted by Gasteiger charge is -2.36. The van der Waals surface area contributed by atoms with Gasteiger partial charge in [-0.05, 0) is 219 Å². The molecule has 107 heavy (non-hydrogen) atoms. The van der Waals surface area contributed by atoms with E-state index in [1.54, 1.807) is 40.1 Å². The Balaban J connectivity index is 0.000000190. The lowest BCUT2D eigenvalue weighted by molar-refractivity contribution is -0.140. The highest BCUT2D eigenvalue weighted by Crippen LogP contribution is 2.46. The normalized spacial score (nSPS) is 19.3. The van der Waals surface area contributed by atoms with E-state index >= 15 is 0 Å². The first-order valence-electron chi connectivity index (χ1n) is 36.9. The Bertz CT molecular complexity index is 4060. The SMILES string of the molecule is CC(C)(C)OC(=O)N1CCCC2(CC1)CC(=O)c1ccccc1C2.CC1=CC2(CCCN(C(=O)OC(C)(C)C)CC2)Cc2ccccc21.CCN(CC)C(=O)c1ccc(B(O)O)cc1.CN(c1ccccc1)S(=O)(=O)C(F)(F)F.O=C(O)CC1(Cc2ccccc2)CCCN(C(=O)OCc2ccccc2)CC1. The Morgan fingerprint density at radius 3 is 1.57 bits per heavy atom. The molecule has 6 aromatic rings. The monoisotopic (exact) mass is 1500 g/mol. The van der Waals surface area contributed by atoms with Crippen LogP contribution in [0.5, 0.6) is 0 Å². The number of Topliss-reactive ketones (excluding diaryl/α,β-unsaturated/α-hetero) is 1. The van der Waals surface area contributed by atoms with Crippen LogP contribution in [0.25, 0.3) is 5.57 Å². The number of amides is 4. The Morgan fingerprint density at radius 1 is 0.561 bits per heavy atom. The fourth-order valence-electron chi connectivity index (χ4n) is 14.5. The van der Waals surface area contributed by atoms with Crippen LogP contribution in [0, 0.1) is 16.2 Å². The van der Waals surface area contributed by atoms with Crippen LogP contribution in [0.15, 0.2) is 170 Å². The van der Waals surface area contributed by atoms with Crippen LogP contribution >= 0.6 is 0 Å². The van der Waals surface area contributed by atoms with Crippen molar-refractivity contribution in [3.05, 3.63) is 209 Å². The van der Waals surface area contributed by atoms with Gasteiger partial charge in [0.15, 0.2) is 5.78 Å². The number of allylic oxidation sites excluding steroid dienone is 2. The minimum absolute atomic E-state index is 0.00218. The highest BCUT2D eigenvalue weighted by atomic mass is 32.2. The summed E-state index contributed by atoms with van der Waals surface area (Å²) in [6.45, 7) is 23.2. The summed E-state index contributed by atoms with van der Waals surface area (Å²) in [5.41, 5.74) is 2.95. The lowest BCUT2D eigenvalue weighted by atomic mass is 9.67. The number of ketones is 1. The third kappa shape index (κ3) is 25.3. The van der Waals surface area contributed by atoms with Crippen molar-refractivity contribution in [2.45, 2.75) is 176 Å². The number of halogens is 3. The van der Waals surface area contributed by atoms with Gasteiger partial charge in [-0.2, -0.15) is 21.6 Å². The number of carboxylic acids is 1. The molecule has 3 atom stereocenters. The number of aliphatic carboxylic acids is 1. The largest absolute Gasteiger partial charge is 0.516 e. The molecule has 24 heteroatoms. The Hall–Kier alpha value is -9.00. The first-order valence-corrected chi connectivity index (χ1v) is 38.3. The second kappa shape index (κ2) is 38.2. The summed E-state index contributed by atoms with van der Waals surface area (Å²) in [5.74, 6) is -0.567. The molecule has 0 aromatic heterocycles. The van der Waals surface area contributed by atoms with Crippen LogP contribution in [0.3, 0.4) is 0 Å². The number of nitrogens with zero attached hydrogens (tertiary/aromatic N) is 5. The predicted octanol–water partition coefficient (Wildman–Crippen LogP) is 15.6. The van der Waals surface area contributed by atoms with Gasteiger partial charge in [-0.1, -0.05) is 146 Å². The molecule has 3 heterocycles. The molecule has 3 aliphatic heterocycles. The van der Waals surface area contributed by atoms with Gasteiger partial charge in [0.05, 0.1) is 12.1 Å². The highest BCUT2D eigenvalue weighted by Gasteiger charge is 2.49. The van der Waals surface area contributed by atoms with E-state index in [4.69, 9.17) is 24.3 Å². The van der Waals surface area contributed by atoms with Crippen molar-refractivity contribution < 1.29 is 79.7 Å². The van der Waals surface area contributed by atoms with Gasteiger partial charge in [0, 0.05) is 77.0 Å². The van der Waals surface area contributed by atoms with Gasteiger partial charge in [0.25, 0.3) is 5.91 Å². The Morgan fingerprint density at radius 2 is 1.04 bits per heavy atom. The van der Waals surface area contributed by atoms with Crippen LogP contribution in [0.2, 0.25) is 0 Å². The number of rotatable bonds is 12. The number of ether oxygens (including phenoxy) is 3. The summed E-state index contributed by atoms with van der Waals surface area (Å²) in [4.78, 5) is 80.4. The average Bonchev–Trinajstić information content (AvgIpc) is 1.77. The van der Waals surface area contributed by atoms with Crippen molar-refractivity contribution in [3.8, 4) is 0 Å². The van der Waals surface area contributed by atoms with Gasteiger partial charge in [0.2, 0.25) is 0 Å². The van der Waals surface area contributed by atoms with E-state index < -0.39 is 39.8 Å². The van der Waals surface area contributed by atoms with Crippen LogP contribution < -0.4 is 9.77 Å². The molecule has 2 aliphatic carbocycles. The quantitative estimate of drug-likeness (QED) is 0.0763. The average molecular weight is 1500 g/mol. The number of carbonyl (C=O) groups is 6. The fraction of sp³-hybridized carbons (Fsp3) is 0.470. The predicted molar refractivity (Wildman–Crippen MR) is 411 cm³/mol. The third-order valence-electron chi connectivity index (χ3n) is 20.0. The van der Waals surface area contributed by atoms with Crippen LogP contribution in [0.1, 0.15) is 181 Å². The molecule has 3 N–H and O–H groups in total. The molecule has 0 bridgehead atoms. The van der Waals surface area contributed by atoms with E-state index in [9.17, 15) is 55.5 Å². The number of likely N-dealkylation sites (tertiary alicyclic amines) is 3. The third-order valence-corrected chi connectivity index (χ3v) is 21.5. The molecule has 2 spiro atoms. The molecule has 4 amide bonds. The molecular formula is C83H107BF3N5O14S. The molecule has 0 saturated carbocycles.